The fraction of sp³-hybridized carbons (Fsp3) is 0.588. The second-order valence-corrected chi connectivity index (χ2v) is 8.52. The molecule has 1 saturated heterocycles. The molecule has 1 aromatic carbocycles. The molecule has 0 saturated carbocycles. The maximum atomic E-state index is 12.4. The lowest BCUT2D eigenvalue weighted by Crippen LogP contribution is -2.41. The molecule has 0 aliphatic carbocycles. The number of benzene rings is 1. The first-order valence-electron chi connectivity index (χ1n) is 8.57. The van der Waals surface area contributed by atoms with Gasteiger partial charge in [-0.2, -0.15) is 0 Å². The minimum absolute atomic E-state index is 0.121. The Balaban J connectivity index is 1.62. The molecule has 0 spiro atoms. The molecular weight excluding hydrogens is 342 g/mol. The van der Waals surface area contributed by atoms with Gasteiger partial charge in [0.05, 0.1) is 25.2 Å². The van der Waals surface area contributed by atoms with Crippen LogP contribution >= 0.6 is 0 Å². The highest BCUT2D eigenvalue weighted by Gasteiger charge is 2.32. The Morgan fingerprint density at radius 3 is 2.72 bits per heavy atom. The number of ether oxygens (including phenoxy) is 1. The Hall–Kier alpha value is -1.64. The van der Waals surface area contributed by atoms with Gasteiger partial charge in [-0.05, 0) is 37.1 Å². The molecule has 0 aromatic heterocycles. The summed E-state index contributed by atoms with van der Waals surface area (Å²) in [5, 5.41) is 2.94. The summed E-state index contributed by atoms with van der Waals surface area (Å²) >= 11 is 0. The quantitative estimate of drug-likeness (QED) is 0.818. The van der Waals surface area contributed by atoms with Crippen LogP contribution in [0.3, 0.4) is 0 Å². The molecule has 0 bridgehead atoms. The molecule has 8 heteroatoms. The van der Waals surface area contributed by atoms with Gasteiger partial charge >= 0.3 is 0 Å². The van der Waals surface area contributed by atoms with Crippen LogP contribution in [0.1, 0.15) is 22.8 Å². The minimum Gasteiger partial charge on any atom is -0.379 e. The number of amides is 1. The topological polar surface area (TPSA) is 79.0 Å². The lowest BCUT2D eigenvalue weighted by molar-refractivity contribution is 0.0383. The van der Waals surface area contributed by atoms with Crippen molar-refractivity contribution in [2.24, 2.45) is 0 Å². The van der Waals surface area contributed by atoms with E-state index in [0.717, 1.165) is 38.4 Å². The van der Waals surface area contributed by atoms with Crippen molar-refractivity contribution in [1.29, 1.82) is 0 Å². The molecule has 2 heterocycles. The van der Waals surface area contributed by atoms with Crippen LogP contribution in [0.5, 0.6) is 0 Å². The highest BCUT2D eigenvalue weighted by atomic mass is 32.2. The number of hydrogen-bond acceptors (Lipinski definition) is 5. The Kier molecular flexibility index (Phi) is 5.31. The normalized spacial score (nSPS) is 21.2. The van der Waals surface area contributed by atoms with Crippen molar-refractivity contribution < 1.29 is 17.9 Å². The average Bonchev–Trinajstić information content (AvgIpc) is 2.90. The van der Waals surface area contributed by atoms with Gasteiger partial charge in [0.25, 0.3) is 5.91 Å². The molecule has 1 amide bonds. The van der Waals surface area contributed by atoms with Crippen LogP contribution < -0.4 is 9.62 Å². The van der Waals surface area contributed by atoms with E-state index in [2.05, 4.69) is 10.2 Å². The standard InChI is InChI=1S/C17H25N3O4S/c1-13-11-15-12-14(3-4-16(15)20(13)25(2,22)23)17(21)18-5-6-19-7-9-24-10-8-19/h3-4,12-13H,5-11H2,1-2H3,(H,18,21)/t13-/m1/s1. The SMILES string of the molecule is C[C@@H]1Cc2cc(C(=O)NCCN3CCOCC3)ccc2N1S(C)(=O)=O. The second-order valence-electron chi connectivity index (χ2n) is 6.67. The van der Waals surface area contributed by atoms with Crippen LogP contribution in [0.2, 0.25) is 0 Å². The van der Waals surface area contributed by atoms with E-state index in [-0.39, 0.29) is 11.9 Å². The highest BCUT2D eigenvalue weighted by Crippen LogP contribution is 2.34. The first-order chi connectivity index (χ1) is 11.9. The summed E-state index contributed by atoms with van der Waals surface area (Å²) in [6.45, 7) is 6.55. The molecule has 1 N–H and O–H groups in total. The van der Waals surface area contributed by atoms with Crippen LogP contribution in [0.4, 0.5) is 5.69 Å². The van der Waals surface area contributed by atoms with E-state index in [0.29, 0.717) is 24.2 Å². The Morgan fingerprint density at radius 1 is 1.32 bits per heavy atom. The first-order valence-corrected chi connectivity index (χ1v) is 10.4. The number of carbonyl (C=O) groups excluding carboxylic acids is 1. The summed E-state index contributed by atoms with van der Waals surface area (Å²) in [5.74, 6) is -0.124. The number of nitrogens with one attached hydrogen (secondary N) is 1. The molecule has 25 heavy (non-hydrogen) atoms. The summed E-state index contributed by atoms with van der Waals surface area (Å²) in [5.41, 5.74) is 2.15. The van der Waals surface area contributed by atoms with Crippen molar-refractivity contribution in [2.75, 3.05) is 50.0 Å². The molecule has 1 atom stereocenters. The van der Waals surface area contributed by atoms with E-state index < -0.39 is 10.0 Å². The molecule has 1 aromatic rings. The van der Waals surface area contributed by atoms with Crippen molar-refractivity contribution in [3.05, 3.63) is 29.3 Å². The van der Waals surface area contributed by atoms with E-state index in [4.69, 9.17) is 4.74 Å². The maximum absolute atomic E-state index is 12.4. The van der Waals surface area contributed by atoms with Gasteiger partial charge in [0.1, 0.15) is 0 Å². The lowest BCUT2D eigenvalue weighted by Gasteiger charge is -2.26. The van der Waals surface area contributed by atoms with Gasteiger partial charge in [0.2, 0.25) is 10.0 Å². The van der Waals surface area contributed by atoms with Crippen molar-refractivity contribution in [2.45, 2.75) is 19.4 Å². The predicted molar refractivity (Wildman–Crippen MR) is 96.5 cm³/mol. The van der Waals surface area contributed by atoms with Gasteiger partial charge in [-0.1, -0.05) is 0 Å². The van der Waals surface area contributed by atoms with Crippen molar-refractivity contribution >= 4 is 21.6 Å². The number of hydrogen-bond donors (Lipinski definition) is 1. The van der Waals surface area contributed by atoms with Crippen LogP contribution in [0.15, 0.2) is 18.2 Å². The van der Waals surface area contributed by atoms with Gasteiger partial charge in [0, 0.05) is 37.8 Å². The molecule has 7 nitrogen and oxygen atoms in total. The molecule has 3 rings (SSSR count). The molecule has 0 unspecified atom stereocenters. The first kappa shape index (κ1) is 18.2. The summed E-state index contributed by atoms with van der Waals surface area (Å²) in [6.07, 6.45) is 1.84. The summed E-state index contributed by atoms with van der Waals surface area (Å²) in [6, 6.07) is 5.11. The van der Waals surface area contributed by atoms with E-state index in [9.17, 15) is 13.2 Å². The molecule has 2 aliphatic rings. The third-order valence-corrected chi connectivity index (χ3v) is 5.94. The van der Waals surface area contributed by atoms with Gasteiger partial charge in [-0.25, -0.2) is 8.42 Å². The molecule has 0 radical (unpaired) electrons. The number of fused-ring (bicyclic) bond motifs is 1. The highest BCUT2D eigenvalue weighted by molar-refractivity contribution is 7.92. The van der Waals surface area contributed by atoms with E-state index in [1.165, 1.54) is 10.6 Å². The Bertz CT molecular complexity index is 744. The third kappa shape index (κ3) is 4.13. The van der Waals surface area contributed by atoms with E-state index in [1.807, 2.05) is 6.92 Å². The van der Waals surface area contributed by atoms with Crippen LogP contribution in [0.25, 0.3) is 0 Å². The number of carbonyl (C=O) groups is 1. The van der Waals surface area contributed by atoms with Gasteiger partial charge in [0.15, 0.2) is 0 Å². The number of morpholine rings is 1. The Morgan fingerprint density at radius 2 is 2.04 bits per heavy atom. The molecule has 1 fully saturated rings. The fourth-order valence-electron chi connectivity index (χ4n) is 3.50. The van der Waals surface area contributed by atoms with Crippen LogP contribution in [-0.4, -0.2) is 70.9 Å². The second kappa shape index (κ2) is 7.31. The van der Waals surface area contributed by atoms with Crippen LogP contribution in [0, 0.1) is 0 Å². The van der Waals surface area contributed by atoms with E-state index in [1.54, 1.807) is 18.2 Å². The number of sulfonamides is 1. The summed E-state index contributed by atoms with van der Waals surface area (Å²) in [4.78, 5) is 14.6. The number of nitrogens with zero attached hydrogens (tertiary/aromatic N) is 2. The lowest BCUT2D eigenvalue weighted by atomic mass is 10.1. The van der Waals surface area contributed by atoms with Crippen molar-refractivity contribution in [1.82, 2.24) is 10.2 Å². The van der Waals surface area contributed by atoms with Gasteiger partial charge < -0.3 is 10.1 Å². The largest absolute Gasteiger partial charge is 0.379 e. The zero-order valence-electron chi connectivity index (χ0n) is 14.7. The number of rotatable bonds is 5. The van der Waals surface area contributed by atoms with Gasteiger partial charge in [-0.3, -0.25) is 14.0 Å². The molecular formula is C17H25N3O4S. The van der Waals surface area contributed by atoms with Gasteiger partial charge in [-0.15, -0.1) is 0 Å². The maximum Gasteiger partial charge on any atom is 0.251 e. The van der Waals surface area contributed by atoms with E-state index >= 15 is 0 Å². The zero-order valence-corrected chi connectivity index (χ0v) is 15.5. The molecule has 138 valence electrons. The average molecular weight is 367 g/mol. The monoisotopic (exact) mass is 367 g/mol. The van der Waals surface area contributed by atoms with Crippen molar-refractivity contribution in [3.63, 3.8) is 0 Å². The number of anilines is 1. The van der Waals surface area contributed by atoms with Crippen LogP contribution in [-0.2, 0) is 21.2 Å². The summed E-state index contributed by atoms with van der Waals surface area (Å²) in [7, 11) is -3.31. The predicted octanol–water partition coefficient (Wildman–Crippen LogP) is 0.459. The Labute approximate surface area is 149 Å². The minimum atomic E-state index is -3.31. The fourth-order valence-corrected chi connectivity index (χ4v) is 4.77. The smallest absolute Gasteiger partial charge is 0.251 e. The molecule has 2 aliphatic heterocycles. The summed E-state index contributed by atoms with van der Waals surface area (Å²) < 4.78 is 30.6. The zero-order chi connectivity index (χ0) is 18.0. The van der Waals surface area contributed by atoms with Crippen molar-refractivity contribution in [3.8, 4) is 0 Å². The third-order valence-electron chi connectivity index (χ3n) is 4.67.